The quantitative estimate of drug-likeness (QED) is 0.798. The number of hydrogen-bond donors (Lipinski definition) is 2. The number of ether oxygens (including phenoxy) is 1. The van der Waals surface area contributed by atoms with Gasteiger partial charge in [0.1, 0.15) is 5.75 Å². The van der Waals surface area contributed by atoms with Crippen LogP contribution in [0.15, 0.2) is 18.2 Å². The molecule has 0 spiro atoms. The van der Waals surface area contributed by atoms with Gasteiger partial charge in [-0.05, 0) is 25.1 Å². The highest BCUT2D eigenvalue weighted by Gasteiger charge is 2.13. The Bertz CT molecular complexity index is 488. The van der Waals surface area contributed by atoms with E-state index in [-0.39, 0.29) is 12.3 Å². The van der Waals surface area contributed by atoms with Crippen molar-refractivity contribution in [1.82, 2.24) is 0 Å². The van der Waals surface area contributed by atoms with Gasteiger partial charge in [-0.3, -0.25) is 9.59 Å². The molecule has 1 amide bonds. The highest BCUT2D eigenvalue weighted by molar-refractivity contribution is 5.89. The summed E-state index contributed by atoms with van der Waals surface area (Å²) >= 11 is 0. The van der Waals surface area contributed by atoms with Crippen molar-refractivity contribution in [2.24, 2.45) is 0 Å². The van der Waals surface area contributed by atoms with E-state index in [0.717, 1.165) is 5.69 Å². The molecule has 0 radical (unpaired) electrons. The molecule has 0 saturated carbocycles. The van der Waals surface area contributed by atoms with Crippen molar-refractivity contribution in [2.75, 3.05) is 30.4 Å². The molecule has 1 aromatic carbocycles. The summed E-state index contributed by atoms with van der Waals surface area (Å²) < 4.78 is 5.29. The SMILES string of the molecule is CCN(CCC(=O)O)c1cc(NC(C)=O)ccc1OC. The second-order valence-corrected chi connectivity index (χ2v) is 4.29. The van der Waals surface area contributed by atoms with E-state index in [4.69, 9.17) is 9.84 Å². The fourth-order valence-electron chi connectivity index (χ4n) is 1.90. The van der Waals surface area contributed by atoms with Crippen LogP contribution >= 0.6 is 0 Å². The zero-order valence-corrected chi connectivity index (χ0v) is 12.0. The first kappa shape index (κ1) is 15.8. The molecule has 20 heavy (non-hydrogen) atoms. The van der Waals surface area contributed by atoms with Crippen LogP contribution in [0.25, 0.3) is 0 Å². The largest absolute Gasteiger partial charge is 0.495 e. The summed E-state index contributed by atoms with van der Waals surface area (Å²) in [5, 5.41) is 11.5. The van der Waals surface area contributed by atoms with Gasteiger partial charge in [-0.15, -0.1) is 0 Å². The monoisotopic (exact) mass is 280 g/mol. The van der Waals surface area contributed by atoms with Crippen LogP contribution in [0, 0.1) is 0 Å². The fourth-order valence-corrected chi connectivity index (χ4v) is 1.90. The van der Waals surface area contributed by atoms with E-state index in [9.17, 15) is 9.59 Å². The van der Waals surface area contributed by atoms with Crippen LogP contribution < -0.4 is 15.0 Å². The molecule has 0 aliphatic rings. The van der Waals surface area contributed by atoms with Crippen LogP contribution in [-0.2, 0) is 9.59 Å². The number of rotatable bonds is 7. The predicted molar refractivity (Wildman–Crippen MR) is 77.4 cm³/mol. The molecule has 6 nitrogen and oxygen atoms in total. The number of nitrogens with one attached hydrogen (secondary N) is 1. The van der Waals surface area contributed by atoms with Crippen molar-refractivity contribution in [3.8, 4) is 5.75 Å². The lowest BCUT2D eigenvalue weighted by Crippen LogP contribution is -2.26. The van der Waals surface area contributed by atoms with Crippen molar-refractivity contribution in [3.63, 3.8) is 0 Å². The highest BCUT2D eigenvalue weighted by Crippen LogP contribution is 2.31. The summed E-state index contributed by atoms with van der Waals surface area (Å²) in [6, 6.07) is 5.28. The van der Waals surface area contributed by atoms with Gasteiger partial charge in [-0.25, -0.2) is 0 Å². The topological polar surface area (TPSA) is 78.9 Å². The number of benzene rings is 1. The summed E-state index contributed by atoms with van der Waals surface area (Å²) in [4.78, 5) is 23.7. The fraction of sp³-hybridized carbons (Fsp3) is 0.429. The van der Waals surface area contributed by atoms with Crippen LogP contribution in [0.4, 0.5) is 11.4 Å². The molecule has 0 aliphatic heterocycles. The molecule has 0 unspecified atom stereocenters. The molecule has 6 heteroatoms. The van der Waals surface area contributed by atoms with Crippen molar-refractivity contribution >= 4 is 23.3 Å². The molecule has 2 N–H and O–H groups in total. The van der Waals surface area contributed by atoms with Crippen LogP contribution in [-0.4, -0.2) is 37.2 Å². The molecule has 0 heterocycles. The summed E-state index contributed by atoms with van der Waals surface area (Å²) in [5.74, 6) is -0.360. The number of carbonyl (C=O) groups excluding carboxylic acids is 1. The molecule has 0 fully saturated rings. The summed E-state index contributed by atoms with van der Waals surface area (Å²) in [5.41, 5.74) is 1.42. The maximum absolute atomic E-state index is 11.1. The average molecular weight is 280 g/mol. The Hall–Kier alpha value is -2.24. The zero-order valence-electron chi connectivity index (χ0n) is 12.0. The van der Waals surface area contributed by atoms with Crippen molar-refractivity contribution < 1.29 is 19.4 Å². The van der Waals surface area contributed by atoms with E-state index in [1.165, 1.54) is 6.92 Å². The molecule has 0 saturated heterocycles. The van der Waals surface area contributed by atoms with Gasteiger partial charge in [0.25, 0.3) is 0 Å². The van der Waals surface area contributed by atoms with Crippen LogP contribution in [0.2, 0.25) is 0 Å². The first-order valence-corrected chi connectivity index (χ1v) is 6.40. The minimum Gasteiger partial charge on any atom is -0.495 e. The van der Waals surface area contributed by atoms with Gasteiger partial charge < -0.3 is 20.1 Å². The predicted octanol–water partition coefficient (Wildman–Crippen LogP) is 1.95. The van der Waals surface area contributed by atoms with E-state index >= 15 is 0 Å². The summed E-state index contributed by atoms with van der Waals surface area (Å²) in [6.07, 6.45) is 0.0430. The summed E-state index contributed by atoms with van der Waals surface area (Å²) in [6.45, 7) is 4.40. The van der Waals surface area contributed by atoms with Crippen LogP contribution in [0.3, 0.4) is 0 Å². The molecule has 110 valence electrons. The maximum atomic E-state index is 11.1. The Morgan fingerprint density at radius 2 is 2.10 bits per heavy atom. The number of nitrogens with zero attached hydrogens (tertiary/aromatic N) is 1. The van der Waals surface area contributed by atoms with Gasteiger partial charge in [-0.2, -0.15) is 0 Å². The summed E-state index contributed by atoms with van der Waals surface area (Å²) in [7, 11) is 1.56. The molecule has 1 aromatic rings. The number of hydrogen-bond acceptors (Lipinski definition) is 4. The second-order valence-electron chi connectivity index (χ2n) is 4.29. The van der Waals surface area contributed by atoms with Gasteiger partial charge in [0, 0.05) is 25.7 Å². The first-order chi connectivity index (χ1) is 9.47. The van der Waals surface area contributed by atoms with Gasteiger partial charge in [0.15, 0.2) is 0 Å². The first-order valence-electron chi connectivity index (χ1n) is 6.40. The molecule has 1 rings (SSSR count). The van der Waals surface area contributed by atoms with Gasteiger partial charge in [0.2, 0.25) is 5.91 Å². The van der Waals surface area contributed by atoms with Crippen molar-refractivity contribution in [3.05, 3.63) is 18.2 Å². The van der Waals surface area contributed by atoms with E-state index in [0.29, 0.717) is 24.5 Å². The van der Waals surface area contributed by atoms with E-state index in [1.807, 2.05) is 11.8 Å². The average Bonchev–Trinajstić information content (AvgIpc) is 2.38. The third-order valence-corrected chi connectivity index (χ3v) is 2.82. The molecular weight excluding hydrogens is 260 g/mol. The second kappa shape index (κ2) is 7.37. The third-order valence-electron chi connectivity index (χ3n) is 2.82. The number of aliphatic carboxylic acids is 1. The lowest BCUT2D eigenvalue weighted by atomic mass is 10.2. The lowest BCUT2D eigenvalue weighted by Gasteiger charge is -2.25. The maximum Gasteiger partial charge on any atom is 0.305 e. The van der Waals surface area contributed by atoms with Gasteiger partial charge in [0.05, 0.1) is 19.2 Å². The third kappa shape index (κ3) is 4.46. The molecule has 0 aromatic heterocycles. The Kier molecular flexibility index (Phi) is 5.83. The van der Waals surface area contributed by atoms with Crippen LogP contribution in [0.5, 0.6) is 5.75 Å². The highest BCUT2D eigenvalue weighted by atomic mass is 16.5. The van der Waals surface area contributed by atoms with Gasteiger partial charge >= 0.3 is 5.97 Å². The number of anilines is 2. The molecule has 0 aliphatic carbocycles. The van der Waals surface area contributed by atoms with E-state index < -0.39 is 5.97 Å². The van der Waals surface area contributed by atoms with Gasteiger partial charge in [-0.1, -0.05) is 0 Å². The number of carboxylic acid groups (broad SMARTS) is 1. The van der Waals surface area contributed by atoms with E-state index in [2.05, 4.69) is 5.32 Å². The number of methoxy groups -OCH3 is 1. The number of amides is 1. The standard InChI is InChI=1S/C14H20N2O4/c1-4-16(8-7-14(18)19)12-9-11(15-10(2)17)5-6-13(12)20-3/h5-6,9H,4,7-8H2,1-3H3,(H,15,17)(H,18,19). The Balaban J connectivity index is 3.03. The minimum absolute atomic E-state index is 0.0430. The minimum atomic E-state index is -0.847. The Labute approximate surface area is 118 Å². The lowest BCUT2D eigenvalue weighted by molar-refractivity contribution is -0.136. The van der Waals surface area contributed by atoms with Crippen molar-refractivity contribution in [2.45, 2.75) is 20.3 Å². The zero-order chi connectivity index (χ0) is 15.1. The Morgan fingerprint density at radius 1 is 1.40 bits per heavy atom. The normalized spacial score (nSPS) is 9.95. The number of carboxylic acids is 1. The number of carbonyl (C=O) groups is 2. The smallest absolute Gasteiger partial charge is 0.305 e. The molecular formula is C14H20N2O4. The van der Waals surface area contributed by atoms with Crippen LogP contribution in [0.1, 0.15) is 20.3 Å². The molecule has 0 atom stereocenters. The van der Waals surface area contributed by atoms with Crippen molar-refractivity contribution in [1.29, 1.82) is 0 Å². The Morgan fingerprint density at radius 3 is 2.60 bits per heavy atom. The van der Waals surface area contributed by atoms with E-state index in [1.54, 1.807) is 25.3 Å². The molecule has 0 bridgehead atoms.